The Labute approximate surface area is 130 Å². The third kappa shape index (κ3) is 4.00. The van der Waals surface area contributed by atoms with Gasteiger partial charge in [-0.1, -0.05) is 24.6 Å². The second-order valence-electron chi connectivity index (χ2n) is 5.61. The molecule has 0 heterocycles. The molecule has 0 spiro atoms. The third-order valence-corrected chi connectivity index (χ3v) is 3.94. The molecule has 120 valence electrons. The van der Waals surface area contributed by atoms with Crippen molar-refractivity contribution in [2.24, 2.45) is 5.16 Å². The summed E-state index contributed by atoms with van der Waals surface area (Å²) in [6.45, 7) is 2.53. The van der Waals surface area contributed by atoms with Crippen molar-refractivity contribution in [1.29, 1.82) is 0 Å². The van der Waals surface area contributed by atoms with Crippen molar-refractivity contribution in [2.45, 2.75) is 51.9 Å². The maximum atomic E-state index is 10.6. The quantitative estimate of drug-likeness (QED) is 0.438. The van der Waals surface area contributed by atoms with Crippen LogP contribution < -0.4 is 4.74 Å². The first-order chi connectivity index (χ1) is 10.7. The minimum absolute atomic E-state index is 0.110. The van der Waals surface area contributed by atoms with E-state index in [0.717, 1.165) is 49.0 Å². The second-order valence-corrected chi connectivity index (χ2v) is 5.61. The number of aryl methyl sites for hydroxylation is 2. The Bertz CT molecular complexity index is 566. The number of ether oxygens (including phenoxy) is 1. The fourth-order valence-electron chi connectivity index (χ4n) is 2.75. The van der Waals surface area contributed by atoms with Gasteiger partial charge in [0.25, 0.3) is 0 Å². The van der Waals surface area contributed by atoms with Gasteiger partial charge in [0.1, 0.15) is 5.75 Å². The highest BCUT2D eigenvalue weighted by Crippen LogP contribution is 2.31. The van der Waals surface area contributed by atoms with E-state index in [-0.39, 0.29) is 6.42 Å². The van der Waals surface area contributed by atoms with E-state index in [9.17, 15) is 4.79 Å². The number of carbonyl (C=O) groups is 1. The van der Waals surface area contributed by atoms with Crippen LogP contribution in [0.4, 0.5) is 0 Å². The van der Waals surface area contributed by atoms with Crippen molar-refractivity contribution in [3.05, 3.63) is 28.8 Å². The van der Waals surface area contributed by atoms with E-state index in [2.05, 4.69) is 18.1 Å². The van der Waals surface area contributed by atoms with Crippen molar-refractivity contribution >= 4 is 11.7 Å². The zero-order valence-electron chi connectivity index (χ0n) is 13.0. The summed E-state index contributed by atoms with van der Waals surface area (Å²) in [6, 6.07) is 4.10. The summed E-state index contributed by atoms with van der Waals surface area (Å²) in [4.78, 5) is 10.6. The van der Waals surface area contributed by atoms with E-state index >= 15 is 0 Å². The normalized spacial score (nSPS) is 15.0. The first-order valence-corrected chi connectivity index (χ1v) is 7.87. The highest BCUT2D eigenvalue weighted by molar-refractivity contribution is 6.04. The Morgan fingerprint density at radius 2 is 2.14 bits per heavy atom. The summed E-state index contributed by atoms with van der Waals surface area (Å²) < 4.78 is 5.80. The minimum Gasteiger partial charge on any atom is -0.493 e. The molecule has 0 aliphatic heterocycles. The van der Waals surface area contributed by atoms with Crippen molar-refractivity contribution in [3.63, 3.8) is 0 Å². The van der Waals surface area contributed by atoms with Crippen LogP contribution in [0.3, 0.4) is 0 Å². The highest BCUT2D eigenvalue weighted by atomic mass is 16.5. The van der Waals surface area contributed by atoms with E-state index in [4.69, 9.17) is 15.1 Å². The molecule has 0 unspecified atom stereocenters. The molecular formula is C17H23NO4. The maximum absolute atomic E-state index is 10.6. The molecule has 22 heavy (non-hydrogen) atoms. The summed E-state index contributed by atoms with van der Waals surface area (Å²) in [5.74, 6) is -0.0147. The third-order valence-electron chi connectivity index (χ3n) is 3.94. The van der Waals surface area contributed by atoms with E-state index < -0.39 is 5.97 Å². The topological polar surface area (TPSA) is 79.1 Å². The highest BCUT2D eigenvalue weighted by Gasteiger charge is 2.21. The predicted molar refractivity (Wildman–Crippen MR) is 84.1 cm³/mol. The van der Waals surface area contributed by atoms with Gasteiger partial charge in [0, 0.05) is 12.0 Å². The molecule has 5 heteroatoms. The largest absolute Gasteiger partial charge is 0.493 e. The van der Waals surface area contributed by atoms with Gasteiger partial charge in [-0.15, -0.1) is 0 Å². The second kappa shape index (κ2) is 7.82. The van der Waals surface area contributed by atoms with Crippen LogP contribution in [0.1, 0.15) is 55.7 Å². The first kappa shape index (κ1) is 16.3. The number of benzene rings is 1. The lowest BCUT2D eigenvalue weighted by Crippen LogP contribution is -2.05. The van der Waals surface area contributed by atoms with Gasteiger partial charge in [-0.3, -0.25) is 4.79 Å². The van der Waals surface area contributed by atoms with Crippen LogP contribution in [0.5, 0.6) is 5.75 Å². The summed E-state index contributed by atoms with van der Waals surface area (Å²) in [7, 11) is 0. The number of oxime groups is 1. The average molecular weight is 305 g/mol. The summed E-state index contributed by atoms with van der Waals surface area (Å²) >= 11 is 0. The van der Waals surface area contributed by atoms with Crippen molar-refractivity contribution in [3.8, 4) is 5.75 Å². The smallest absolute Gasteiger partial charge is 0.303 e. The maximum Gasteiger partial charge on any atom is 0.303 e. The Morgan fingerprint density at radius 3 is 2.82 bits per heavy atom. The van der Waals surface area contributed by atoms with Gasteiger partial charge in [0.2, 0.25) is 0 Å². The number of aliphatic carboxylic acids is 1. The molecule has 2 rings (SSSR count). The SMILES string of the molecule is CCCCc1cc2c(cc1OCCCC(=O)O)/C(=N/O)CC2. The lowest BCUT2D eigenvalue weighted by molar-refractivity contribution is -0.137. The fourth-order valence-corrected chi connectivity index (χ4v) is 2.75. The summed E-state index contributed by atoms with van der Waals surface area (Å²) in [6.07, 6.45) is 5.39. The Balaban J connectivity index is 2.15. The molecule has 2 N–H and O–H groups in total. The van der Waals surface area contributed by atoms with Crippen LogP contribution >= 0.6 is 0 Å². The van der Waals surface area contributed by atoms with Crippen LogP contribution in [0, 0.1) is 0 Å². The molecule has 1 aliphatic carbocycles. The number of hydrogen-bond acceptors (Lipinski definition) is 4. The van der Waals surface area contributed by atoms with Gasteiger partial charge in [0.15, 0.2) is 0 Å². The molecule has 0 fully saturated rings. The zero-order valence-corrected chi connectivity index (χ0v) is 13.0. The minimum atomic E-state index is -0.807. The van der Waals surface area contributed by atoms with Gasteiger partial charge in [0.05, 0.1) is 12.3 Å². The molecule has 1 aromatic carbocycles. The van der Waals surface area contributed by atoms with Gasteiger partial charge < -0.3 is 15.1 Å². The van der Waals surface area contributed by atoms with Crippen LogP contribution in [0.15, 0.2) is 17.3 Å². The fraction of sp³-hybridized carbons (Fsp3) is 0.529. The molecule has 1 aromatic rings. The number of carboxylic acids is 1. The van der Waals surface area contributed by atoms with Crippen molar-refractivity contribution < 1.29 is 19.8 Å². The number of hydrogen-bond donors (Lipinski definition) is 2. The van der Waals surface area contributed by atoms with Crippen LogP contribution in [0.25, 0.3) is 0 Å². The molecule has 0 radical (unpaired) electrons. The molecule has 0 saturated carbocycles. The summed E-state index contributed by atoms with van der Waals surface area (Å²) in [5, 5.41) is 21.1. The first-order valence-electron chi connectivity index (χ1n) is 7.87. The Kier molecular flexibility index (Phi) is 5.81. The van der Waals surface area contributed by atoms with Crippen molar-refractivity contribution in [1.82, 2.24) is 0 Å². The molecular weight excluding hydrogens is 282 g/mol. The van der Waals surface area contributed by atoms with Gasteiger partial charge >= 0.3 is 5.97 Å². The molecule has 5 nitrogen and oxygen atoms in total. The van der Waals surface area contributed by atoms with Crippen LogP contribution in [0.2, 0.25) is 0 Å². The number of fused-ring (bicyclic) bond motifs is 1. The molecule has 1 aliphatic rings. The zero-order chi connectivity index (χ0) is 15.9. The van der Waals surface area contributed by atoms with Crippen molar-refractivity contribution in [2.75, 3.05) is 6.61 Å². The average Bonchev–Trinajstić information content (AvgIpc) is 2.90. The monoisotopic (exact) mass is 305 g/mol. The molecule has 0 bridgehead atoms. The standard InChI is InChI=1S/C17H23NO4/c1-2-3-5-13-10-12-7-8-15(18-21)14(12)11-16(13)22-9-4-6-17(19)20/h10-11,21H,2-9H2,1H3,(H,19,20)/b18-15+. The van der Waals surface area contributed by atoms with E-state index in [1.165, 1.54) is 5.56 Å². The van der Waals surface area contributed by atoms with E-state index in [1.54, 1.807) is 0 Å². The number of rotatable bonds is 8. The lowest BCUT2D eigenvalue weighted by atomic mass is 10.0. The molecule has 0 saturated heterocycles. The predicted octanol–water partition coefficient (Wildman–Crippen LogP) is 3.40. The van der Waals surface area contributed by atoms with Gasteiger partial charge in [-0.2, -0.15) is 0 Å². The van der Waals surface area contributed by atoms with E-state index in [1.807, 2.05) is 6.07 Å². The Morgan fingerprint density at radius 1 is 1.32 bits per heavy atom. The van der Waals surface area contributed by atoms with Gasteiger partial charge in [-0.25, -0.2) is 0 Å². The summed E-state index contributed by atoms with van der Waals surface area (Å²) in [5.41, 5.74) is 4.02. The Hall–Kier alpha value is -2.04. The van der Waals surface area contributed by atoms with Gasteiger partial charge in [-0.05, 0) is 49.3 Å². The molecule has 0 amide bonds. The molecule has 0 aromatic heterocycles. The number of carboxylic acid groups (broad SMARTS) is 1. The lowest BCUT2D eigenvalue weighted by Gasteiger charge is -2.14. The number of unbranched alkanes of at least 4 members (excludes halogenated alkanes) is 1. The number of nitrogens with zero attached hydrogens (tertiary/aromatic N) is 1. The van der Waals surface area contributed by atoms with Crippen LogP contribution in [-0.2, 0) is 17.6 Å². The van der Waals surface area contributed by atoms with E-state index in [0.29, 0.717) is 18.7 Å². The van der Waals surface area contributed by atoms with Crippen LogP contribution in [-0.4, -0.2) is 28.6 Å². The molecule has 0 atom stereocenters.